The van der Waals surface area contributed by atoms with Gasteiger partial charge < -0.3 is 4.74 Å². The Morgan fingerprint density at radius 3 is 2.53 bits per heavy atom. The van der Waals surface area contributed by atoms with Crippen LogP contribution in [0.15, 0.2) is 71.8 Å². The summed E-state index contributed by atoms with van der Waals surface area (Å²) in [4.78, 5) is 33.0. The van der Waals surface area contributed by atoms with Crippen molar-refractivity contribution in [3.63, 3.8) is 0 Å². The summed E-state index contributed by atoms with van der Waals surface area (Å²) >= 11 is 2.57. The van der Waals surface area contributed by atoms with Crippen molar-refractivity contribution in [2.75, 3.05) is 12.1 Å². The number of benzene rings is 3. The Bertz CT molecular complexity index is 1530. The average molecular weight is 490 g/mol. The van der Waals surface area contributed by atoms with Crippen LogP contribution in [0.3, 0.4) is 0 Å². The van der Waals surface area contributed by atoms with Crippen molar-refractivity contribution in [3.05, 3.63) is 87.4 Å². The monoisotopic (exact) mass is 489 g/mol. The van der Waals surface area contributed by atoms with Crippen LogP contribution in [0.25, 0.3) is 20.4 Å². The lowest BCUT2D eigenvalue weighted by Gasteiger charge is -2.11. The van der Waals surface area contributed by atoms with E-state index in [2.05, 4.69) is 15.1 Å². The van der Waals surface area contributed by atoms with Crippen LogP contribution < -0.4 is 9.75 Å². The van der Waals surface area contributed by atoms with Gasteiger partial charge in [-0.1, -0.05) is 23.5 Å². The molecule has 0 bridgehead atoms. The fourth-order valence-electron chi connectivity index (χ4n) is 3.16. The Morgan fingerprint density at radius 1 is 1.03 bits per heavy atom. The largest absolute Gasteiger partial charge is 0.497 e. The number of rotatable bonds is 6. The zero-order valence-electron chi connectivity index (χ0n) is 17.6. The quantitative estimate of drug-likeness (QED) is 0.177. The second kappa shape index (κ2) is 8.96. The van der Waals surface area contributed by atoms with Gasteiger partial charge in [-0.2, -0.15) is 10.1 Å². The molecule has 5 rings (SSSR count). The van der Waals surface area contributed by atoms with Gasteiger partial charge in [0.05, 0.1) is 38.7 Å². The number of non-ortho nitro benzene ring substituents is 1. The van der Waals surface area contributed by atoms with E-state index in [1.807, 2.05) is 36.4 Å². The number of methoxy groups -OCH3 is 1. The second-order valence-electron chi connectivity index (χ2n) is 7.03. The Labute approximate surface area is 200 Å². The van der Waals surface area contributed by atoms with Crippen molar-refractivity contribution in [3.8, 4) is 5.75 Å². The number of nitro benzene ring substituents is 1. The number of carbonyl (C=O) groups excluding carboxylic acids is 1. The minimum Gasteiger partial charge on any atom is -0.497 e. The van der Waals surface area contributed by atoms with E-state index in [0.29, 0.717) is 22.0 Å². The molecule has 3 aromatic carbocycles. The Morgan fingerprint density at radius 2 is 1.79 bits per heavy atom. The SMILES string of the molecule is COc1ccc2nc(N(/N=C/c3ccc([N+](=O)[O-])cc3)C(=O)c3nc4ccccc4s3)sc2c1. The van der Waals surface area contributed by atoms with Gasteiger partial charge in [-0.05, 0) is 48.0 Å². The maximum absolute atomic E-state index is 13.5. The summed E-state index contributed by atoms with van der Waals surface area (Å²) in [5.41, 5.74) is 1.99. The predicted molar refractivity (Wildman–Crippen MR) is 133 cm³/mol. The first-order chi connectivity index (χ1) is 16.5. The minimum absolute atomic E-state index is 0.0281. The molecule has 2 heterocycles. The second-order valence-corrected chi connectivity index (χ2v) is 9.07. The fraction of sp³-hybridized carbons (Fsp3) is 0.0435. The lowest BCUT2D eigenvalue weighted by Crippen LogP contribution is -2.25. The van der Waals surface area contributed by atoms with Gasteiger partial charge in [-0.3, -0.25) is 14.9 Å². The third-order valence-electron chi connectivity index (χ3n) is 4.86. The van der Waals surface area contributed by atoms with Crippen molar-refractivity contribution in [1.29, 1.82) is 0 Å². The number of hydrazone groups is 1. The molecule has 0 fully saturated rings. The van der Waals surface area contributed by atoms with Crippen molar-refractivity contribution >= 4 is 66.0 Å². The van der Waals surface area contributed by atoms with Crippen LogP contribution in [0.5, 0.6) is 5.75 Å². The smallest absolute Gasteiger partial charge is 0.309 e. The van der Waals surface area contributed by atoms with Crippen molar-refractivity contribution in [2.24, 2.45) is 5.10 Å². The molecule has 2 aromatic heterocycles. The van der Waals surface area contributed by atoms with Gasteiger partial charge in [-0.15, -0.1) is 11.3 Å². The lowest BCUT2D eigenvalue weighted by molar-refractivity contribution is -0.384. The number of thiazole rings is 2. The maximum Gasteiger partial charge on any atom is 0.309 e. The van der Waals surface area contributed by atoms with E-state index in [0.717, 1.165) is 14.9 Å². The number of nitro groups is 1. The van der Waals surface area contributed by atoms with Crippen LogP contribution in [0.2, 0.25) is 0 Å². The molecular formula is C23H15N5O4S2. The number of hydrogen-bond acceptors (Lipinski definition) is 9. The molecule has 0 radical (unpaired) electrons. The van der Waals surface area contributed by atoms with Gasteiger partial charge in [0.1, 0.15) is 5.75 Å². The number of para-hydroxylation sites is 1. The van der Waals surface area contributed by atoms with Gasteiger partial charge in [0.2, 0.25) is 5.13 Å². The first-order valence-electron chi connectivity index (χ1n) is 9.95. The van der Waals surface area contributed by atoms with Crippen LogP contribution in [-0.4, -0.2) is 34.1 Å². The van der Waals surface area contributed by atoms with Crippen LogP contribution in [0.1, 0.15) is 15.4 Å². The maximum atomic E-state index is 13.5. The average Bonchev–Trinajstić information content (AvgIpc) is 3.48. The highest BCUT2D eigenvalue weighted by atomic mass is 32.1. The number of fused-ring (bicyclic) bond motifs is 2. The van der Waals surface area contributed by atoms with E-state index in [4.69, 9.17) is 4.74 Å². The summed E-state index contributed by atoms with van der Waals surface area (Å²) < 4.78 is 7.01. The highest BCUT2D eigenvalue weighted by Gasteiger charge is 2.24. The molecule has 0 atom stereocenters. The molecule has 0 saturated carbocycles. The molecule has 9 nitrogen and oxygen atoms in total. The standard InChI is InChI=1S/C23H15N5O4S2/c1-32-16-10-11-18-20(12-16)34-23(26-18)27(24-13-14-6-8-15(9-7-14)28(30)31)22(29)21-25-17-4-2-3-5-19(17)33-21/h2-13H,1H3/b24-13+. The molecule has 34 heavy (non-hydrogen) atoms. The summed E-state index contributed by atoms with van der Waals surface area (Å²) in [6.07, 6.45) is 1.46. The zero-order chi connectivity index (χ0) is 23.7. The summed E-state index contributed by atoms with van der Waals surface area (Å²) in [6.45, 7) is 0. The Balaban J connectivity index is 1.55. The molecule has 0 N–H and O–H groups in total. The highest BCUT2D eigenvalue weighted by molar-refractivity contribution is 7.23. The first kappa shape index (κ1) is 21.6. The third kappa shape index (κ3) is 4.21. The van der Waals surface area contributed by atoms with Crippen LogP contribution in [-0.2, 0) is 0 Å². The fourth-order valence-corrected chi connectivity index (χ4v) is 5.00. The van der Waals surface area contributed by atoms with E-state index in [1.165, 1.54) is 46.0 Å². The van der Waals surface area contributed by atoms with E-state index in [1.54, 1.807) is 25.3 Å². The number of hydrogen-bond donors (Lipinski definition) is 0. The molecule has 5 aromatic rings. The van der Waals surface area contributed by atoms with Crippen LogP contribution in [0.4, 0.5) is 10.8 Å². The third-order valence-corrected chi connectivity index (χ3v) is 6.88. The van der Waals surface area contributed by atoms with Gasteiger partial charge in [0, 0.05) is 12.1 Å². The molecule has 0 spiro atoms. The number of carbonyl (C=O) groups is 1. The molecule has 168 valence electrons. The van der Waals surface area contributed by atoms with E-state index in [-0.39, 0.29) is 10.7 Å². The topological polar surface area (TPSA) is 111 Å². The summed E-state index contributed by atoms with van der Waals surface area (Å²) in [6, 6.07) is 18.8. The van der Waals surface area contributed by atoms with Crippen LogP contribution in [0, 0.1) is 10.1 Å². The molecule has 0 aliphatic rings. The van der Waals surface area contributed by atoms with Crippen molar-refractivity contribution in [2.45, 2.75) is 0 Å². The Kier molecular flexibility index (Phi) is 5.70. The Hall–Kier alpha value is -4.22. The molecule has 1 amide bonds. The number of nitrogens with zero attached hydrogens (tertiary/aromatic N) is 5. The molecule has 0 saturated heterocycles. The normalized spacial score (nSPS) is 11.3. The van der Waals surface area contributed by atoms with Crippen molar-refractivity contribution in [1.82, 2.24) is 9.97 Å². The van der Waals surface area contributed by atoms with Crippen molar-refractivity contribution < 1.29 is 14.5 Å². The number of anilines is 1. The minimum atomic E-state index is -0.473. The molecule has 0 unspecified atom stereocenters. The molecular weight excluding hydrogens is 474 g/mol. The number of ether oxygens (including phenoxy) is 1. The van der Waals surface area contributed by atoms with Gasteiger partial charge in [0.25, 0.3) is 5.69 Å². The summed E-state index contributed by atoms with van der Waals surface area (Å²) in [5, 5.41) is 17.2. The highest BCUT2D eigenvalue weighted by Crippen LogP contribution is 2.33. The molecule has 11 heteroatoms. The lowest BCUT2D eigenvalue weighted by atomic mass is 10.2. The molecule has 0 aliphatic heterocycles. The summed E-state index contributed by atoms with van der Waals surface area (Å²) in [5.74, 6) is 0.256. The molecule has 0 aliphatic carbocycles. The van der Waals surface area contributed by atoms with E-state index >= 15 is 0 Å². The first-order valence-corrected chi connectivity index (χ1v) is 11.6. The zero-order valence-corrected chi connectivity index (χ0v) is 19.2. The van der Waals surface area contributed by atoms with Gasteiger partial charge in [-0.25, -0.2) is 9.97 Å². The summed E-state index contributed by atoms with van der Waals surface area (Å²) in [7, 11) is 1.58. The number of amides is 1. The van der Waals surface area contributed by atoms with Gasteiger partial charge in [0.15, 0.2) is 5.01 Å². The predicted octanol–water partition coefficient (Wildman–Crippen LogP) is 5.50. The van der Waals surface area contributed by atoms with Gasteiger partial charge >= 0.3 is 5.91 Å². The number of aromatic nitrogens is 2. The van der Waals surface area contributed by atoms with E-state index < -0.39 is 10.8 Å². The van der Waals surface area contributed by atoms with E-state index in [9.17, 15) is 14.9 Å². The van der Waals surface area contributed by atoms with Crippen LogP contribution >= 0.6 is 22.7 Å².